The Kier molecular flexibility index (Phi) is 7.78. The fourth-order valence-corrected chi connectivity index (χ4v) is 9.95. The second-order valence-electron chi connectivity index (χ2n) is 17.0. The quantitative estimate of drug-likeness (QED) is 0.175. The van der Waals surface area contributed by atoms with Crippen LogP contribution in [0.2, 0.25) is 0 Å². The third-order valence-corrected chi connectivity index (χ3v) is 12.4. The Labute approximate surface area is 345 Å². The van der Waals surface area contributed by atoms with Crippen LogP contribution in [-0.4, -0.2) is 15.1 Å². The lowest BCUT2D eigenvalue weighted by Gasteiger charge is -2.35. The van der Waals surface area contributed by atoms with Gasteiger partial charge < -0.3 is 0 Å². The van der Waals surface area contributed by atoms with Gasteiger partial charge in [0.2, 0.25) is 0 Å². The molecule has 0 spiro atoms. The SMILES string of the molecule is Cc1cccc(C)c1-c1ccnc(-n2c3ccccc3c3ccc(C4(c5cccc(N6ON(C(C)(C)C)c7ccccc76)c5)c5ccccc5-c5ccccc54)cc32)c1. The predicted molar refractivity (Wildman–Crippen MR) is 243 cm³/mol. The van der Waals surface area contributed by atoms with Crippen molar-refractivity contribution in [1.82, 2.24) is 9.55 Å². The van der Waals surface area contributed by atoms with Crippen molar-refractivity contribution in [3.05, 3.63) is 209 Å². The Morgan fingerprint density at radius 3 is 1.92 bits per heavy atom. The van der Waals surface area contributed by atoms with Crippen LogP contribution in [0.4, 0.5) is 17.1 Å². The minimum absolute atomic E-state index is 0.256. The highest BCUT2D eigenvalue weighted by molar-refractivity contribution is 6.09. The lowest BCUT2D eigenvalue weighted by Crippen LogP contribution is -2.41. The highest BCUT2D eigenvalue weighted by Crippen LogP contribution is 2.57. The Balaban J connectivity index is 1.17. The maximum Gasteiger partial charge on any atom is 0.138 e. The summed E-state index contributed by atoms with van der Waals surface area (Å²) in [5.74, 6) is 0.894. The van der Waals surface area contributed by atoms with Crippen LogP contribution in [0, 0.1) is 13.8 Å². The van der Waals surface area contributed by atoms with Crippen LogP contribution in [0.15, 0.2) is 176 Å². The molecule has 0 fully saturated rings. The normalized spacial score (nSPS) is 14.2. The predicted octanol–water partition coefficient (Wildman–Crippen LogP) is 13.4. The molecule has 0 saturated heterocycles. The van der Waals surface area contributed by atoms with E-state index in [4.69, 9.17) is 9.92 Å². The van der Waals surface area contributed by atoms with Gasteiger partial charge in [-0.3, -0.25) is 4.57 Å². The van der Waals surface area contributed by atoms with E-state index < -0.39 is 5.41 Å². The lowest BCUT2D eigenvalue weighted by molar-refractivity contribution is 0.0842. The second kappa shape index (κ2) is 13.0. The molecule has 3 heterocycles. The summed E-state index contributed by atoms with van der Waals surface area (Å²) in [7, 11) is 0. The van der Waals surface area contributed by atoms with Crippen molar-refractivity contribution in [2.24, 2.45) is 0 Å². The lowest BCUT2D eigenvalue weighted by atomic mass is 9.67. The van der Waals surface area contributed by atoms with E-state index >= 15 is 0 Å². The molecular weight excluding hydrogens is 721 g/mol. The second-order valence-corrected chi connectivity index (χ2v) is 17.0. The first kappa shape index (κ1) is 35.2. The number of aromatic nitrogens is 2. The Morgan fingerprint density at radius 2 is 1.17 bits per heavy atom. The number of hydrogen-bond acceptors (Lipinski definition) is 4. The summed E-state index contributed by atoms with van der Waals surface area (Å²) in [6.07, 6.45) is 1.96. The van der Waals surface area contributed by atoms with E-state index in [0.717, 1.165) is 39.5 Å². The molecule has 5 heteroatoms. The first-order chi connectivity index (χ1) is 28.7. The minimum Gasteiger partial charge on any atom is -0.294 e. The highest BCUT2D eigenvalue weighted by Gasteiger charge is 2.47. The summed E-state index contributed by atoms with van der Waals surface area (Å²) < 4.78 is 2.36. The number of hydrogen-bond donors (Lipinski definition) is 0. The summed E-state index contributed by atoms with van der Waals surface area (Å²) in [5.41, 5.74) is 16.7. The third kappa shape index (κ3) is 5.18. The van der Waals surface area contributed by atoms with Gasteiger partial charge in [-0.15, -0.1) is 4.94 Å². The van der Waals surface area contributed by atoms with E-state index in [1.165, 1.54) is 60.8 Å². The summed E-state index contributed by atoms with van der Waals surface area (Å²) in [4.78, 5) is 11.8. The van der Waals surface area contributed by atoms with Crippen molar-refractivity contribution in [3.8, 4) is 28.1 Å². The molecule has 0 bridgehead atoms. The third-order valence-electron chi connectivity index (χ3n) is 12.4. The molecule has 0 atom stereocenters. The molecule has 0 unspecified atom stereocenters. The average Bonchev–Trinajstić information content (AvgIpc) is 3.91. The minimum atomic E-state index is -0.644. The van der Waals surface area contributed by atoms with E-state index in [-0.39, 0.29) is 5.54 Å². The zero-order valence-corrected chi connectivity index (χ0v) is 33.9. The molecule has 0 radical (unpaired) electrons. The number of nitrogens with zero attached hydrogens (tertiary/aromatic N) is 4. The molecule has 0 amide bonds. The summed E-state index contributed by atoms with van der Waals surface area (Å²) in [6, 6.07) is 62.0. The number of pyridine rings is 1. The van der Waals surface area contributed by atoms with Gasteiger partial charge in [0, 0.05) is 17.0 Å². The molecule has 9 aromatic rings. The first-order valence-electron chi connectivity index (χ1n) is 20.5. The Morgan fingerprint density at radius 1 is 0.542 bits per heavy atom. The van der Waals surface area contributed by atoms with E-state index in [1.807, 2.05) is 16.3 Å². The molecule has 7 aromatic carbocycles. The van der Waals surface area contributed by atoms with Crippen LogP contribution >= 0.6 is 0 Å². The van der Waals surface area contributed by atoms with E-state index in [1.54, 1.807) is 0 Å². The van der Waals surface area contributed by atoms with E-state index in [2.05, 4.69) is 209 Å². The monoisotopic (exact) mass is 764 g/mol. The van der Waals surface area contributed by atoms with Gasteiger partial charge in [-0.25, -0.2) is 10.0 Å². The van der Waals surface area contributed by atoms with Crippen molar-refractivity contribution in [2.45, 2.75) is 45.6 Å². The number of hydroxylamine groups is 1. The summed E-state index contributed by atoms with van der Waals surface area (Å²) in [6.45, 7) is 10.9. The Bertz CT molecular complexity index is 3070. The number of benzene rings is 7. The smallest absolute Gasteiger partial charge is 0.138 e. The molecule has 5 nitrogen and oxygen atoms in total. The van der Waals surface area contributed by atoms with Crippen molar-refractivity contribution < 1.29 is 4.94 Å². The number of rotatable bonds is 5. The summed E-state index contributed by atoms with van der Waals surface area (Å²) in [5, 5.41) is 6.39. The van der Waals surface area contributed by atoms with E-state index in [0.29, 0.717) is 0 Å². The molecule has 1 aliphatic heterocycles. The number of fused-ring (bicyclic) bond motifs is 7. The van der Waals surface area contributed by atoms with Crippen LogP contribution in [0.5, 0.6) is 0 Å². The maximum atomic E-state index is 6.75. The van der Waals surface area contributed by atoms with Gasteiger partial charge in [-0.2, -0.15) is 5.06 Å². The first-order valence-corrected chi connectivity index (χ1v) is 20.5. The number of anilines is 3. The zero-order valence-electron chi connectivity index (χ0n) is 33.9. The highest BCUT2D eigenvalue weighted by atomic mass is 16.8. The summed E-state index contributed by atoms with van der Waals surface area (Å²) >= 11 is 0. The van der Waals surface area contributed by atoms with Gasteiger partial charge in [-0.1, -0.05) is 121 Å². The molecule has 1 aliphatic carbocycles. The number of aryl methyl sites for hydroxylation is 2. The van der Waals surface area contributed by atoms with Crippen LogP contribution in [-0.2, 0) is 10.4 Å². The van der Waals surface area contributed by atoms with Gasteiger partial charge in [0.15, 0.2) is 0 Å². The average molecular weight is 765 g/mol. The molecule has 59 heavy (non-hydrogen) atoms. The maximum absolute atomic E-state index is 6.75. The van der Waals surface area contributed by atoms with Crippen molar-refractivity contribution >= 4 is 38.9 Å². The molecule has 11 rings (SSSR count). The fraction of sp³-hybridized carbons (Fsp3) is 0.130. The van der Waals surface area contributed by atoms with Crippen LogP contribution < -0.4 is 10.1 Å². The molecule has 0 saturated carbocycles. The van der Waals surface area contributed by atoms with Crippen molar-refractivity contribution in [3.63, 3.8) is 0 Å². The van der Waals surface area contributed by atoms with Crippen molar-refractivity contribution in [1.29, 1.82) is 0 Å². The van der Waals surface area contributed by atoms with E-state index in [9.17, 15) is 0 Å². The number of para-hydroxylation sites is 3. The zero-order chi connectivity index (χ0) is 40.0. The van der Waals surface area contributed by atoms with Gasteiger partial charge >= 0.3 is 0 Å². The molecule has 2 aromatic heterocycles. The molecule has 286 valence electrons. The van der Waals surface area contributed by atoms with Crippen LogP contribution in [0.1, 0.15) is 54.2 Å². The van der Waals surface area contributed by atoms with Gasteiger partial charge in [0.1, 0.15) is 5.82 Å². The fourth-order valence-electron chi connectivity index (χ4n) is 9.95. The van der Waals surface area contributed by atoms with Crippen LogP contribution in [0.3, 0.4) is 0 Å². The van der Waals surface area contributed by atoms with Crippen molar-refractivity contribution in [2.75, 3.05) is 10.1 Å². The largest absolute Gasteiger partial charge is 0.294 e. The molecule has 0 N–H and O–H groups in total. The van der Waals surface area contributed by atoms with Gasteiger partial charge in [0.25, 0.3) is 0 Å². The topological polar surface area (TPSA) is 33.5 Å². The standard InChI is InChI=1S/C54H44N4O/c1-35-16-14-17-36(2)52(35)37-30-31-55-51(32-37)56-47-25-11-8-22-43(47)44-29-28-39(34-50(44)56)54(45-23-9-6-20-41(45)42-21-7-10-24-46(42)54)38-18-15-19-40(33-38)57-48-26-12-13-27-49(48)58(59-57)53(3,4)5/h6-34H,1-5H3. The van der Waals surface area contributed by atoms with Gasteiger partial charge in [-0.05, 0) is 139 Å². The molecular formula is C54H44N4O. The Hall–Kier alpha value is -6.95. The molecule has 2 aliphatic rings. The van der Waals surface area contributed by atoms with Crippen LogP contribution in [0.25, 0.3) is 49.9 Å². The van der Waals surface area contributed by atoms with Gasteiger partial charge in [0.05, 0.1) is 39.0 Å².